The van der Waals surface area contributed by atoms with Crippen molar-refractivity contribution >= 4 is 27.7 Å². The molecule has 0 spiro atoms. The fraction of sp³-hybridized carbons (Fsp3) is 0.0909. The number of rotatable bonds is 3. The maximum absolute atomic E-state index is 11.0. The predicted octanol–water partition coefficient (Wildman–Crippen LogP) is 2.82. The highest BCUT2D eigenvalue weighted by Gasteiger charge is 1.98. The molecule has 16 heavy (non-hydrogen) atoms. The molecule has 0 saturated heterocycles. The summed E-state index contributed by atoms with van der Waals surface area (Å²) in [5, 5.41) is 0. The summed E-state index contributed by atoms with van der Waals surface area (Å²) in [7, 11) is 0. The monoisotopic (exact) mass is 296 g/mol. The summed E-state index contributed by atoms with van der Waals surface area (Å²) < 4.78 is 1.05. The van der Waals surface area contributed by atoms with Crippen molar-refractivity contribution in [3.8, 4) is 0 Å². The van der Waals surface area contributed by atoms with Crippen LogP contribution in [0.3, 0.4) is 0 Å². The Hall–Kier alpha value is -1.07. The zero-order chi connectivity index (χ0) is 11.4. The van der Waals surface area contributed by atoms with Crippen molar-refractivity contribution in [2.75, 3.05) is 0 Å². The largest absolute Gasteiger partial charge is 0.310 e. The van der Waals surface area contributed by atoms with Crippen LogP contribution in [0.15, 0.2) is 50.7 Å². The van der Waals surface area contributed by atoms with Crippen molar-refractivity contribution in [2.24, 2.45) is 0 Å². The molecule has 2 rings (SSSR count). The molecule has 0 aliphatic heterocycles. The Morgan fingerprint density at radius 2 is 2.25 bits per heavy atom. The van der Waals surface area contributed by atoms with Crippen molar-refractivity contribution in [1.82, 2.24) is 9.97 Å². The van der Waals surface area contributed by atoms with E-state index in [2.05, 4.69) is 25.9 Å². The molecule has 82 valence electrons. The zero-order valence-electron chi connectivity index (χ0n) is 8.31. The van der Waals surface area contributed by atoms with Crippen LogP contribution in [0.1, 0.15) is 5.82 Å². The summed E-state index contributed by atoms with van der Waals surface area (Å²) in [6.45, 7) is 0. The number of halogens is 1. The topological polar surface area (TPSA) is 45.8 Å². The fourth-order valence-electron chi connectivity index (χ4n) is 1.19. The van der Waals surface area contributed by atoms with E-state index in [1.807, 2.05) is 24.3 Å². The Kier molecular flexibility index (Phi) is 3.79. The van der Waals surface area contributed by atoms with Crippen molar-refractivity contribution in [1.29, 1.82) is 0 Å². The third-order valence-electron chi connectivity index (χ3n) is 1.90. The van der Waals surface area contributed by atoms with Gasteiger partial charge in [-0.1, -0.05) is 22.0 Å². The van der Waals surface area contributed by atoms with Gasteiger partial charge >= 0.3 is 0 Å². The molecule has 0 unspecified atom stereocenters. The molecule has 0 fully saturated rings. The SMILES string of the molecule is O=c1ccnc(CSc2cccc(Br)c2)[nH]1. The molecule has 0 aliphatic carbocycles. The number of aromatic nitrogens is 2. The van der Waals surface area contributed by atoms with E-state index in [-0.39, 0.29) is 5.56 Å². The Balaban J connectivity index is 2.05. The van der Waals surface area contributed by atoms with Crippen LogP contribution in [0.4, 0.5) is 0 Å². The molecule has 1 aromatic carbocycles. The lowest BCUT2D eigenvalue weighted by molar-refractivity contribution is 1.00. The number of H-pyrrole nitrogens is 1. The Labute approximate surface area is 105 Å². The molecule has 5 heteroatoms. The van der Waals surface area contributed by atoms with Gasteiger partial charge < -0.3 is 4.98 Å². The van der Waals surface area contributed by atoms with Crippen LogP contribution >= 0.6 is 27.7 Å². The molecule has 3 nitrogen and oxygen atoms in total. The van der Waals surface area contributed by atoms with E-state index in [9.17, 15) is 4.79 Å². The van der Waals surface area contributed by atoms with Gasteiger partial charge in [-0.15, -0.1) is 11.8 Å². The standard InChI is InChI=1S/C11H9BrN2OS/c12-8-2-1-3-9(6-8)16-7-10-13-5-4-11(15)14-10/h1-6H,7H2,(H,13,14,15). The quantitative estimate of drug-likeness (QED) is 0.886. The van der Waals surface area contributed by atoms with E-state index < -0.39 is 0 Å². The first-order valence-electron chi connectivity index (χ1n) is 4.66. The van der Waals surface area contributed by atoms with Crippen molar-refractivity contribution in [2.45, 2.75) is 10.6 Å². The number of hydrogen-bond acceptors (Lipinski definition) is 3. The van der Waals surface area contributed by atoms with Gasteiger partial charge in [0, 0.05) is 21.6 Å². The summed E-state index contributed by atoms with van der Waals surface area (Å²) in [4.78, 5) is 19.0. The van der Waals surface area contributed by atoms with E-state index >= 15 is 0 Å². The number of nitrogens with zero attached hydrogens (tertiary/aromatic N) is 1. The highest BCUT2D eigenvalue weighted by molar-refractivity contribution is 9.10. The first kappa shape index (κ1) is 11.4. The molecular formula is C11H9BrN2OS. The summed E-state index contributed by atoms with van der Waals surface area (Å²) in [6, 6.07) is 9.43. The van der Waals surface area contributed by atoms with Crippen LogP contribution < -0.4 is 5.56 Å². The van der Waals surface area contributed by atoms with E-state index in [4.69, 9.17) is 0 Å². The second-order valence-electron chi connectivity index (χ2n) is 3.13. The lowest BCUT2D eigenvalue weighted by Gasteiger charge is -2.01. The molecule has 0 bridgehead atoms. The van der Waals surface area contributed by atoms with Crippen molar-refractivity contribution < 1.29 is 0 Å². The fourth-order valence-corrected chi connectivity index (χ4v) is 2.58. The summed E-state index contributed by atoms with van der Waals surface area (Å²) in [5.74, 6) is 1.35. The molecule has 2 aromatic rings. The molecule has 0 atom stereocenters. The zero-order valence-corrected chi connectivity index (χ0v) is 10.7. The van der Waals surface area contributed by atoms with Gasteiger partial charge in [-0.3, -0.25) is 4.79 Å². The van der Waals surface area contributed by atoms with Gasteiger partial charge in [0.2, 0.25) is 0 Å². The molecule has 0 radical (unpaired) electrons. The third kappa shape index (κ3) is 3.21. The summed E-state index contributed by atoms with van der Waals surface area (Å²) >= 11 is 5.05. The van der Waals surface area contributed by atoms with Crippen LogP contribution in [0.2, 0.25) is 0 Å². The third-order valence-corrected chi connectivity index (χ3v) is 3.39. The van der Waals surface area contributed by atoms with Crippen LogP contribution in [0, 0.1) is 0 Å². The average molecular weight is 297 g/mol. The molecule has 0 saturated carbocycles. The summed E-state index contributed by atoms with van der Waals surface area (Å²) in [5.41, 5.74) is -0.111. The van der Waals surface area contributed by atoms with Gasteiger partial charge in [0.25, 0.3) is 5.56 Å². The number of thioether (sulfide) groups is 1. The Bertz CT molecular complexity index is 541. The van der Waals surface area contributed by atoms with Crippen LogP contribution in [0.25, 0.3) is 0 Å². The summed E-state index contributed by atoms with van der Waals surface area (Å²) in [6.07, 6.45) is 1.52. The van der Waals surface area contributed by atoms with E-state index in [0.717, 1.165) is 9.37 Å². The number of nitrogens with one attached hydrogen (secondary N) is 1. The van der Waals surface area contributed by atoms with E-state index in [0.29, 0.717) is 11.6 Å². The lowest BCUT2D eigenvalue weighted by atomic mass is 10.4. The number of hydrogen-bond donors (Lipinski definition) is 1. The Morgan fingerprint density at radius 3 is 3.00 bits per heavy atom. The van der Waals surface area contributed by atoms with Crippen molar-refractivity contribution in [3.05, 3.63) is 57.2 Å². The average Bonchev–Trinajstić information content (AvgIpc) is 2.27. The molecule has 1 heterocycles. The molecule has 1 N–H and O–H groups in total. The number of benzene rings is 1. The minimum atomic E-state index is -0.111. The van der Waals surface area contributed by atoms with Gasteiger partial charge in [-0.2, -0.15) is 0 Å². The Morgan fingerprint density at radius 1 is 1.38 bits per heavy atom. The number of aromatic amines is 1. The van der Waals surface area contributed by atoms with Crippen molar-refractivity contribution in [3.63, 3.8) is 0 Å². The van der Waals surface area contributed by atoms with Gasteiger partial charge in [0.05, 0.1) is 5.75 Å². The lowest BCUT2D eigenvalue weighted by Crippen LogP contribution is -2.07. The minimum absolute atomic E-state index is 0.111. The minimum Gasteiger partial charge on any atom is -0.310 e. The molecule has 0 aliphatic rings. The van der Waals surface area contributed by atoms with Crippen LogP contribution in [-0.4, -0.2) is 9.97 Å². The van der Waals surface area contributed by atoms with Gasteiger partial charge in [-0.05, 0) is 18.2 Å². The van der Waals surface area contributed by atoms with Gasteiger partial charge in [0.15, 0.2) is 0 Å². The normalized spacial score (nSPS) is 10.3. The van der Waals surface area contributed by atoms with E-state index in [1.165, 1.54) is 12.3 Å². The predicted molar refractivity (Wildman–Crippen MR) is 68.6 cm³/mol. The molecule has 0 amide bonds. The highest BCUT2D eigenvalue weighted by Crippen LogP contribution is 2.23. The molecular weight excluding hydrogens is 288 g/mol. The highest BCUT2D eigenvalue weighted by atomic mass is 79.9. The molecule has 1 aromatic heterocycles. The van der Waals surface area contributed by atoms with E-state index in [1.54, 1.807) is 11.8 Å². The first-order valence-corrected chi connectivity index (χ1v) is 6.44. The smallest absolute Gasteiger partial charge is 0.250 e. The maximum atomic E-state index is 11.0. The van der Waals surface area contributed by atoms with Crippen LogP contribution in [-0.2, 0) is 5.75 Å². The van der Waals surface area contributed by atoms with Gasteiger partial charge in [0.1, 0.15) is 5.82 Å². The van der Waals surface area contributed by atoms with Gasteiger partial charge in [-0.25, -0.2) is 4.98 Å². The second kappa shape index (κ2) is 5.32. The van der Waals surface area contributed by atoms with Crippen LogP contribution in [0.5, 0.6) is 0 Å². The second-order valence-corrected chi connectivity index (χ2v) is 5.09. The first-order chi connectivity index (χ1) is 7.74. The maximum Gasteiger partial charge on any atom is 0.250 e.